The second kappa shape index (κ2) is 7.81. The molecule has 0 atom stereocenters. The molecule has 150 valence electrons. The third-order valence-electron chi connectivity index (χ3n) is 4.95. The van der Waals surface area contributed by atoms with E-state index >= 15 is 0 Å². The van der Waals surface area contributed by atoms with Crippen molar-refractivity contribution in [2.45, 2.75) is 0 Å². The molecule has 1 aliphatic rings. The van der Waals surface area contributed by atoms with E-state index in [0.717, 1.165) is 5.56 Å². The minimum Gasteiger partial charge on any atom is -0.436 e. The summed E-state index contributed by atoms with van der Waals surface area (Å²) in [6.45, 7) is 1.29. The van der Waals surface area contributed by atoms with Crippen LogP contribution < -0.4 is 0 Å². The van der Waals surface area contributed by atoms with Gasteiger partial charge in [0.25, 0.3) is 5.91 Å². The Morgan fingerprint density at radius 2 is 1.62 bits per heavy atom. The average molecular weight is 411 g/mol. The van der Waals surface area contributed by atoms with Crippen molar-refractivity contribution >= 4 is 15.9 Å². The molecule has 0 aliphatic carbocycles. The molecule has 0 spiro atoms. The topological polar surface area (TPSA) is 83.7 Å². The Morgan fingerprint density at radius 3 is 2.31 bits per heavy atom. The number of piperazine rings is 1. The Bertz CT molecular complexity index is 1120. The summed E-state index contributed by atoms with van der Waals surface area (Å²) in [6, 6.07) is 16.8. The van der Waals surface area contributed by atoms with Crippen molar-refractivity contribution in [1.29, 1.82) is 0 Å². The molecule has 4 rings (SSSR count). The number of amides is 1. The normalized spacial score (nSPS) is 15.4. The number of benzene rings is 2. The van der Waals surface area contributed by atoms with Crippen molar-refractivity contribution < 1.29 is 17.6 Å². The fourth-order valence-corrected chi connectivity index (χ4v) is 4.21. The quantitative estimate of drug-likeness (QED) is 0.659. The number of rotatable bonds is 4. The monoisotopic (exact) mass is 411 g/mol. The summed E-state index contributed by atoms with van der Waals surface area (Å²) in [5, 5.41) is 0. The van der Waals surface area contributed by atoms with Crippen LogP contribution >= 0.6 is 0 Å². The van der Waals surface area contributed by atoms with Crippen LogP contribution in [0.1, 0.15) is 10.4 Å². The van der Waals surface area contributed by atoms with Crippen LogP contribution in [-0.2, 0) is 10.0 Å². The summed E-state index contributed by atoms with van der Waals surface area (Å²) in [5.41, 5.74) is 2.01. The van der Waals surface area contributed by atoms with Crippen LogP contribution in [0.2, 0.25) is 0 Å². The fraction of sp³-hybridized carbons (Fsp3) is 0.238. The number of nitrogens with zero attached hydrogens (tertiary/aromatic N) is 3. The lowest BCUT2D eigenvalue weighted by molar-refractivity contribution is 0.0699. The lowest BCUT2D eigenvalue weighted by atomic mass is 10.1. The molecule has 2 aromatic carbocycles. The van der Waals surface area contributed by atoms with Crippen molar-refractivity contribution in [3.63, 3.8) is 0 Å². The van der Waals surface area contributed by atoms with E-state index in [9.17, 15) is 13.2 Å². The average Bonchev–Trinajstić information content (AvgIpc) is 3.23. The third-order valence-corrected chi connectivity index (χ3v) is 6.25. The van der Waals surface area contributed by atoms with E-state index in [2.05, 4.69) is 4.98 Å². The van der Waals surface area contributed by atoms with Crippen molar-refractivity contribution in [3.8, 4) is 22.8 Å². The Morgan fingerprint density at radius 1 is 0.966 bits per heavy atom. The number of hydrogen-bond acceptors (Lipinski definition) is 5. The lowest BCUT2D eigenvalue weighted by Gasteiger charge is -2.33. The molecule has 1 amide bonds. The van der Waals surface area contributed by atoms with E-state index in [1.807, 2.05) is 36.4 Å². The Kier molecular flexibility index (Phi) is 5.21. The van der Waals surface area contributed by atoms with E-state index in [1.54, 1.807) is 29.3 Å². The fourth-order valence-electron chi connectivity index (χ4n) is 3.38. The molecule has 8 heteroatoms. The molecule has 0 N–H and O–H groups in total. The highest BCUT2D eigenvalue weighted by Crippen LogP contribution is 2.29. The predicted octanol–water partition coefficient (Wildman–Crippen LogP) is 2.73. The SMILES string of the molecule is CS(=O)(=O)N1CCN(C(=O)c2ccccc2-c2ncc(-c3ccccc3)o2)CC1. The lowest BCUT2D eigenvalue weighted by Crippen LogP contribution is -2.50. The maximum Gasteiger partial charge on any atom is 0.254 e. The third kappa shape index (κ3) is 4.08. The van der Waals surface area contributed by atoms with Crippen LogP contribution in [0, 0.1) is 0 Å². The molecule has 0 saturated carbocycles. The van der Waals surface area contributed by atoms with Gasteiger partial charge >= 0.3 is 0 Å². The summed E-state index contributed by atoms with van der Waals surface area (Å²) in [4.78, 5) is 19.2. The first-order chi connectivity index (χ1) is 13.9. The van der Waals surface area contributed by atoms with Crippen LogP contribution in [-0.4, -0.2) is 60.9 Å². The van der Waals surface area contributed by atoms with Crippen LogP contribution in [0.5, 0.6) is 0 Å². The van der Waals surface area contributed by atoms with Crippen molar-refractivity contribution in [1.82, 2.24) is 14.2 Å². The Labute approximate surface area is 169 Å². The van der Waals surface area contributed by atoms with E-state index in [1.165, 1.54) is 10.6 Å². The van der Waals surface area contributed by atoms with Gasteiger partial charge in [0.2, 0.25) is 15.9 Å². The number of aromatic nitrogens is 1. The van der Waals surface area contributed by atoms with Crippen molar-refractivity contribution in [3.05, 3.63) is 66.4 Å². The van der Waals surface area contributed by atoms with Gasteiger partial charge in [0.15, 0.2) is 5.76 Å². The van der Waals surface area contributed by atoms with E-state index in [4.69, 9.17) is 4.42 Å². The highest BCUT2D eigenvalue weighted by Gasteiger charge is 2.28. The summed E-state index contributed by atoms with van der Waals surface area (Å²) >= 11 is 0. The number of carbonyl (C=O) groups excluding carboxylic acids is 1. The van der Waals surface area contributed by atoms with Crippen LogP contribution in [0.3, 0.4) is 0 Å². The summed E-state index contributed by atoms with van der Waals surface area (Å²) in [5.74, 6) is 0.848. The molecule has 0 bridgehead atoms. The zero-order valence-corrected chi connectivity index (χ0v) is 16.8. The first-order valence-corrected chi connectivity index (χ1v) is 11.1. The van der Waals surface area contributed by atoms with Crippen LogP contribution in [0.25, 0.3) is 22.8 Å². The molecule has 0 radical (unpaired) electrons. The standard InChI is InChI=1S/C21H21N3O4S/c1-29(26,27)24-13-11-23(12-14-24)21(25)18-10-6-5-9-17(18)20-22-15-19(28-20)16-7-3-2-4-8-16/h2-10,15H,11-14H2,1H3. The minimum absolute atomic E-state index is 0.159. The van der Waals surface area contributed by atoms with E-state index in [-0.39, 0.29) is 5.91 Å². The highest BCUT2D eigenvalue weighted by molar-refractivity contribution is 7.88. The molecular weight excluding hydrogens is 390 g/mol. The van der Waals surface area contributed by atoms with Gasteiger partial charge < -0.3 is 9.32 Å². The molecule has 7 nitrogen and oxygen atoms in total. The molecule has 2 heterocycles. The van der Waals surface area contributed by atoms with Gasteiger partial charge in [-0.2, -0.15) is 4.31 Å². The molecule has 1 aliphatic heterocycles. The van der Waals surface area contributed by atoms with Gasteiger partial charge in [0.1, 0.15) is 0 Å². The number of hydrogen-bond donors (Lipinski definition) is 0. The molecule has 0 unspecified atom stereocenters. The molecule has 1 saturated heterocycles. The molecule has 29 heavy (non-hydrogen) atoms. The molecule has 3 aromatic rings. The maximum absolute atomic E-state index is 13.1. The molecule has 1 fully saturated rings. The van der Waals surface area contributed by atoms with Crippen LogP contribution in [0.15, 0.2) is 65.2 Å². The Hall–Kier alpha value is -2.97. The second-order valence-electron chi connectivity index (χ2n) is 6.90. The van der Waals surface area contributed by atoms with Gasteiger partial charge in [-0.15, -0.1) is 0 Å². The second-order valence-corrected chi connectivity index (χ2v) is 8.88. The maximum atomic E-state index is 13.1. The van der Waals surface area contributed by atoms with Crippen molar-refractivity contribution in [2.75, 3.05) is 32.4 Å². The highest BCUT2D eigenvalue weighted by atomic mass is 32.2. The molecular formula is C21H21N3O4S. The van der Waals surface area contributed by atoms with Gasteiger partial charge in [-0.05, 0) is 12.1 Å². The summed E-state index contributed by atoms with van der Waals surface area (Å²) < 4.78 is 30.7. The number of oxazole rings is 1. The zero-order chi connectivity index (χ0) is 20.4. The predicted molar refractivity (Wildman–Crippen MR) is 110 cm³/mol. The van der Waals surface area contributed by atoms with Gasteiger partial charge in [-0.25, -0.2) is 13.4 Å². The van der Waals surface area contributed by atoms with Crippen LogP contribution in [0.4, 0.5) is 0 Å². The largest absolute Gasteiger partial charge is 0.436 e. The minimum atomic E-state index is -3.24. The van der Waals surface area contributed by atoms with Gasteiger partial charge in [0.05, 0.1) is 18.0 Å². The summed E-state index contributed by atoms with van der Waals surface area (Å²) in [6.07, 6.45) is 2.84. The smallest absolute Gasteiger partial charge is 0.254 e. The van der Waals surface area contributed by atoms with E-state index in [0.29, 0.717) is 49.0 Å². The number of carbonyl (C=O) groups is 1. The number of sulfonamides is 1. The molecule has 1 aromatic heterocycles. The van der Waals surface area contributed by atoms with Crippen molar-refractivity contribution in [2.24, 2.45) is 0 Å². The van der Waals surface area contributed by atoms with Gasteiger partial charge in [-0.3, -0.25) is 4.79 Å². The first-order valence-electron chi connectivity index (χ1n) is 9.28. The first kappa shape index (κ1) is 19.4. The zero-order valence-electron chi connectivity index (χ0n) is 16.0. The van der Waals surface area contributed by atoms with E-state index < -0.39 is 10.0 Å². The Balaban J connectivity index is 1.58. The van der Waals surface area contributed by atoms with Gasteiger partial charge in [0, 0.05) is 37.3 Å². The summed E-state index contributed by atoms with van der Waals surface area (Å²) in [7, 11) is -3.24. The van der Waals surface area contributed by atoms with Gasteiger partial charge in [-0.1, -0.05) is 42.5 Å².